The molecule has 17 heavy (non-hydrogen) atoms. The Hall–Kier alpha value is -0.610. The van der Waals surface area contributed by atoms with Crippen LogP contribution >= 0.6 is 0 Å². The van der Waals surface area contributed by atoms with Crippen molar-refractivity contribution in [1.29, 1.82) is 0 Å². The van der Waals surface area contributed by atoms with Gasteiger partial charge in [-0.05, 0) is 34.2 Å². The fourth-order valence-electron chi connectivity index (χ4n) is 2.40. The second-order valence-corrected chi connectivity index (χ2v) is 6.13. The minimum Gasteiger partial charge on any atom is -0.338 e. The number of hydrogen-bond acceptors (Lipinski definition) is 3. The summed E-state index contributed by atoms with van der Waals surface area (Å²) in [4.78, 5) is 16.6. The van der Waals surface area contributed by atoms with E-state index in [1.54, 1.807) is 0 Å². The Morgan fingerprint density at radius 3 is 2.47 bits per heavy atom. The van der Waals surface area contributed by atoms with Gasteiger partial charge in [-0.3, -0.25) is 9.69 Å². The minimum atomic E-state index is -0.708. The largest absolute Gasteiger partial charge is 0.338 e. The molecule has 100 valence electrons. The summed E-state index contributed by atoms with van der Waals surface area (Å²) in [5.74, 6) is 0.0977. The van der Waals surface area contributed by atoms with E-state index in [9.17, 15) is 4.79 Å². The van der Waals surface area contributed by atoms with Crippen LogP contribution in [-0.4, -0.2) is 53.5 Å². The van der Waals surface area contributed by atoms with Gasteiger partial charge in [0.25, 0.3) is 0 Å². The molecular formula is C13H27N3O. The molecular weight excluding hydrogens is 214 g/mol. The van der Waals surface area contributed by atoms with E-state index in [4.69, 9.17) is 5.73 Å². The lowest BCUT2D eigenvalue weighted by molar-refractivity contribution is -0.141. The SMILES string of the molecule is CCCC(C)(N)C(=O)N1CCN(C)C(C)(C)C1. The van der Waals surface area contributed by atoms with Crippen molar-refractivity contribution in [2.24, 2.45) is 5.73 Å². The Bertz CT molecular complexity index is 286. The molecule has 0 spiro atoms. The monoisotopic (exact) mass is 241 g/mol. The zero-order valence-corrected chi connectivity index (χ0v) is 11.9. The van der Waals surface area contributed by atoms with Crippen LogP contribution in [0.3, 0.4) is 0 Å². The van der Waals surface area contributed by atoms with Gasteiger partial charge in [0.05, 0.1) is 5.54 Å². The van der Waals surface area contributed by atoms with E-state index in [1.807, 2.05) is 11.8 Å². The van der Waals surface area contributed by atoms with Crippen molar-refractivity contribution in [2.45, 2.75) is 51.6 Å². The van der Waals surface area contributed by atoms with Gasteiger partial charge in [0, 0.05) is 25.2 Å². The number of rotatable bonds is 3. The van der Waals surface area contributed by atoms with Crippen LogP contribution in [0.25, 0.3) is 0 Å². The Morgan fingerprint density at radius 1 is 1.41 bits per heavy atom. The normalized spacial score (nSPS) is 24.5. The topological polar surface area (TPSA) is 49.6 Å². The molecule has 4 heteroatoms. The van der Waals surface area contributed by atoms with Gasteiger partial charge in [0.15, 0.2) is 0 Å². The number of nitrogens with zero attached hydrogens (tertiary/aromatic N) is 2. The Morgan fingerprint density at radius 2 is 2.00 bits per heavy atom. The molecule has 0 aromatic rings. The average Bonchev–Trinajstić information content (AvgIpc) is 2.21. The van der Waals surface area contributed by atoms with E-state index in [0.717, 1.165) is 32.5 Å². The summed E-state index contributed by atoms with van der Waals surface area (Å²) < 4.78 is 0. The van der Waals surface area contributed by atoms with E-state index < -0.39 is 5.54 Å². The van der Waals surface area contributed by atoms with Gasteiger partial charge in [-0.2, -0.15) is 0 Å². The van der Waals surface area contributed by atoms with Gasteiger partial charge in [-0.1, -0.05) is 13.3 Å². The van der Waals surface area contributed by atoms with Crippen molar-refractivity contribution in [3.8, 4) is 0 Å². The molecule has 1 rings (SSSR count). The summed E-state index contributed by atoms with van der Waals surface area (Å²) in [7, 11) is 2.11. The maximum absolute atomic E-state index is 12.4. The first kappa shape index (κ1) is 14.5. The second kappa shape index (κ2) is 4.94. The lowest BCUT2D eigenvalue weighted by atomic mass is 9.93. The maximum Gasteiger partial charge on any atom is 0.242 e. The predicted molar refractivity (Wildman–Crippen MR) is 70.8 cm³/mol. The molecule has 1 amide bonds. The lowest BCUT2D eigenvalue weighted by Crippen LogP contribution is -2.63. The molecule has 0 bridgehead atoms. The minimum absolute atomic E-state index is 0.0379. The van der Waals surface area contributed by atoms with Gasteiger partial charge in [0.2, 0.25) is 5.91 Å². The molecule has 1 aliphatic heterocycles. The molecule has 1 fully saturated rings. The number of piperazine rings is 1. The molecule has 0 aromatic heterocycles. The fraction of sp³-hybridized carbons (Fsp3) is 0.923. The predicted octanol–water partition coefficient (Wildman–Crippen LogP) is 1.06. The van der Waals surface area contributed by atoms with E-state index >= 15 is 0 Å². The molecule has 0 aliphatic carbocycles. The third kappa shape index (κ3) is 3.19. The van der Waals surface area contributed by atoms with Gasteiger partial charge >= 0.3 is 0 Å². The highest BCUT2D eigenvalue weighted by Gasteiger charge is 2.38. The summed E-state index contributed by atoms with van der Waals surface area (Å²) in [5.41, 5.74) is 5.45. The smallest absolute Gasteiger partial charge is 0.242 e. The molecule has 1 atom stereocenters. The van der Waals surface area contributed by atoms with Crippen molar-refractivity contribution in [1.82, 2.24) is 9.80 Å². The Balaban J connectivity index is 2.72. The van der Waals surface area contributed by atoms with Crippen LogP contribution in [0.1, 0.15) is 40.5 Å². The number of carbonyl (C=O) groups is 1. The molecule has 0 radical (unpaired) electrons. The van der Waals surface area contributed by atoms with Crippen LogP contribution in [0.4, 0.5) is 0 Å². The third-order valence-electron chi connectivity index (χ3n) is 3.86. The maximum atomic E-state index is 12.4. The molecule has 1 unspecified atom stereocenters. The van der Waals surface area contributed by atoms with Crippen molar-refractivity contribution in [2.75, 3.05) is 26.7 Å². The molecule has 1 aliphatic rings. The first-order valence-electron chi connectivity index (χ1n) is 6.50. The van der Waals surface area contributed by atoms with Gasteiger partial charge in [0.1, 0.15) is 0 Å². The molecule has 1 heterocycles. The molecule has 0 saturated carbocycles. The van der Waals surface area contributed by atoms with Crippen LogP contribution < -0.4 is 5.73 Å². The summed E-state index contributed by atoms with van der Waals surface area (Å²) in [6, 6.07) is 0. The zero-order valence-electron chi connectivity index (χ0n) is 11.9. The van der Waals surface area contributed by atoms with Crippen LogP contribution in [0.5, 0.6) is 0 Å². The summed E-state index contributed by atoms with van der Waals surface area (Å²) in [6.07, 6.45) is 1.69. The van der Waals surface area contributed by atoms with Crippen LogP contribution in [0, 0.1) is 0 Å². The first-order chi connectivity index (χ1) is 7.70. The van der Waals surface area contributed by atoms with Crippen molar-refractivity contribution < 1.29 is 4.79 Å². The quantitative estimate of drug-likeness (QED) is 0.803. The van der Waals surface area contributed by atoms with Crippen LogP contribution in [0.15, 0.2) is 0 Å². The molecule has 0 aromatic carbocycles. The van der Waals surface area contributed by atoms with E-state index in [-0.39, 0.29) is 11.4 Å². The van der Waals surface area contributed by atoms with E-state index in [0.29, 0.717) is 0 Å². The van der Waals surface area contributed by atoms with E-state index in [1.165, 1.54) is 0 Å². The summed E-state index contributed by atoms with van der Waals surface area (Å²) in [5, 5.41) is 0. The second-order valence-electron chi connectivity index (χ2n) is 6.13. The average molecular weight is 241 g/mol. The molecule has 1 saturated heterocycles. The Kier molecular flexibility index (Phi) is 4.20. The molecule has 4 nitrogen and oxygen atoms in total. The number of nitrogens with two attached hydrogens (primary N) is 1. The number of likely N-dealkylation sites (N-methyl/N-ethyl adjacent to an activating group) is 1. The van der Waals surface area contributed by atoms with Crippen LogP contribution in [0.2, 0.25) is 0 Å². The number of hydrogen-bond donors (Lipinski definition) is 1. The lowest BCUT2D eigenvalue weighted by Gasteiger charge is -2.47. The standard InChI is InChI=1S/C13H27N3O/c1-6-7-13(4,14)11(17)16-9-8-15(5)12(2,3)10-16/h6-10,14H2,1-5H3. The summed E-state index contributed by atoms with van der Waals surface area (Å²) >= 11 is 0. The van der Waals surface area contributed by atoms with Crippen molar-refractivity contribution in [3.63, 3.8) is 0 Å². The van der Waals surface area contributed by atoms with Gasteiger partial charge in [-0.25, -0.2) is 0 Å². The van der Waals surface area contributed by atoms with Crippen molar-refractivity contribution in [3.05, 3.63) is 0 Å². The highest BCUT2D eigenvalue weighted by Crippen LogP contribution is 2.22. The van der Waals surface area contributed by atoms with Crippen LogP contribution in [-0.2, 0) is 4.79 Å². The number of amides is 1. The number of carbonyl (C=O) groups excluding carboxylic acids is 1. The fourth-order valence-corrected chi connectivity index (χ4v) is 2.40. The highest BCUT2D eigenvalue weighted by molar-refractivity contribution is 5.85. The van der Waals surface area contributed by atoms with Crippen molar-refractivity contribution >= 4 is 5.91 Å². The van der Waals surface area contributed by atoms with E-state index in [2.05, 4.69) is 32.7 Å². The third-order valence-corrected chi connectivity index (χ3v) is 3.86. The first-order valence-corrected chi connectivity index (χ1v) is 6.50. The Labute approximate surface area is 105 Å². The van der Waals surface area contributed by atoms with Gasteiger partial charge < -0.3 is 10.6 Å². The highest BCUT2D eigenvalue weighted by atomic mass is 16.2. The zero-order chi connectivity index (χ0) is 13.3. The molecule has 2 N–H and O–H groups in total. The summed E-state index contributed by atoms with van der Waals surface area (Å²) in [6.45, 7) is 10.7. The van der Waals surface area contributed by atoms with Gasteiger partial charge in [-0.15, -0.1) is 0 Å².